The highest BCUT2D eigenvalue weighted by atomic mass is 35.5. The van der Waals surface area contributed by atoms with Crippen molar-refractivity contribution in [2.24, 2.45) is 0 Å². The number of halogens is 1. The molecule has 2 aromatic carbocycles. The van der Waals surface area contributed by atoms with Gasteiger partial charge in [-0.2, -0.15) is 0 Å². The van der Waals surface area contributed by atoms with Crippen molar-refractivity contribution in [2.75, 3.05) is 17.1 Å². The van der Waals surface area contributed by atoms with E-state index in [1.54, 1.807) is 23.1 Å². The van der Waals surface area contributed by atoms with Crippen molar-refractivity contribution in [3.63, 3.8) is 0 Å². The monoisotopic (exact) mass is 575 g/mol. The van der Waals surface area contributed by atoms with E-state index in [-0.39, 0.29) is 30.8 Å². The number of sulfonamides is 1. The number of aryl methyl sites for hydroxylation is 2. The highest BCUT2D eigenvalue weighted by Crippen LogP contribution is 2.27. The Morgan fingerprint density at radius 3 is 2.44 bits per heavy atom. The molecule has 1 aliphatic carbocycles. The van der Waals surface area contributed by atoms with Crippen molar-refractivity contribution >= 4 is 39.1 Å². The molecule has 39 heavy (non-hydrogen) atoms. The molecule has 9 heteroatoms. The Labute approximate surface area is 239 Å². The van der Waals surface area contributed by atoms with E-state index in [0.717, 1.165) is 48.6 Å². The lowest BCUT2D eigenvalue weighted by molar-refractivity contribution is -0.141. The predicted molar refractivity (Wildman–Crippen MR) is 158 cm³/mol. The van der Waals surface area contributed by atoms with Crippen LogP contribution >= 0.6 is 11.6 Å². The van der Waals surface area contributed by atoms with Gasteiger partial charge in [0.1, 0.15) is 6.04 Å². The summed E-state index contributed by atoms with van der Waals surface area (Å²) in [6.45, 7) is 6.21. The fourth-order valence-corrected chi connectivity index (χ4v) is 6.49. The third kappa shape index (κ3) is 8.97. The smallest absolute Gasteiger partial charge is 0.243 e. The van der Waals surface area contributed by atoms with Gasteiger partial charge in [0.15, 0.2) is 0 Å². The van der Waals surface area contributed by atoms with E-state index < -0.39 is 16.1 Å². The fourth-order valence-electron chi connectivity index (χ4n) is 5.30. The molecule has 1 saturated carbocycles. The van der Waals surface area contributed by atoms with Crippen LogP contribution in [0.4, 0.5) is 5.69 Å². The molecular formula is C30H42ClN3O4S. The minimum Gasteiger partial charge on any atom is -0.352 e. The first-order valence-corrected chi connectivity index (χ1v) is 16.1. The van der Waals surface area contributed by atoms with Crippen molar-refractivity contribution in [1.29, 1.82) is 0 Å². The molecule has 214 valence electrons. The van der Waals surface area contributed by atoms with Gasteiger partial charge in [0, 0.05) is 30.6 Å². The molecule has 0 bridgehead atoms. The zero-order chi connectivity index (χ0) is 28.6. The first-order valence-electron chi connectivity index (χ1n) is 13.9. The summed E-state index contributed by atoms with van der Waals surface area (Å²) in [6.07, 6.45) is 7.42. The zero-order valence-electron chi connectivity index (χ0n) is 23.6. The number of nitrogens with zero attached hydrogens (tertiary/aromatic N) is 2. The van der Waals surface area contributed by atoms with E-state index in [2.05, 4.69) is 5.32 Å². The second kappa shape index (κ2) is 14.2. The molecule has 0 radical (unpaired) electrons. The van der Waals surface area contributed by atoms with Gasteiger partial charge < -0.3 is 10.2 Å². The van der Waals surface area contributed by atoms with Gasteiger partial charge in [-0.05, 0) is 62.8 Å². The van der Waals surface area contributed by atoms with Gasteiger partial charge in [-0.15, -0.1) is 0 Å². The molecule has 1 fully saturated rings. The Bertz CT molecular complexity index is 1240. The van der Waals surface area contributed by atoms with Gasteiger partial charge in [0.25, 0.3) is 0 Å². The average Bonchev–Trinajstić information content (AvgIpc) is 2.88. The highest BCUT2D eigenvalue weighted by molar-refractivity contribution is 7.92. The van der Waals surface area contributed by atoms with Gasteiger partial charge in [0.2, 0.25) is 21.8 Å². The standard InChI is InChI=1S/C30H42ClN3O4S/c1-5-27(30(36)32-26-13-7-6-8-14-26)33(21-24-12-9-11-22(2)19-24)29(35)15-10-18-34(39(4,37)38)28-20-25(31)17-16-23(28)3/h9,11-12,16-17,19-20,26-27H,5-8,10,13-15,18,21H2,1-4H3,(H,32,36). The molecule has 2 amide bonds. The Balaban J connectivity index is 1.78. The number of amides is 2. The fraction of sp³-hybridized carbons (Fsp3) is 0.533. The van der Waals surface area contributed by atoms with Crippen LogP contribution in [0.25, 0.3) is 0 Å². The van der Waals surface area contributed by atoms with Crippen molar-refractivity contribution in [3.05, 3.63) is 64.2 Å². The van der Waals surface area contributed by atoms with Crippen molar-refractivity contribution in [2.45, 2.75) is 90.8 Å². The number of rotatable bonds is 12. The number of nitrogens with one attached hydrogen (secondary N) is 1. The van der Waals surface area contributed by atoms with Crippen LogP contribution in [0.5, 0.6) is 0 Å². The van der Waals surface area contributed by atoms with Crippen LogP contribution < -0.4 is 9.62 Å². The van der Waals surface area contributed by atoms with Gasteiger partial charge >= 0.3 is 0 Å². The number of anilines is 1. The Morgan fingerprint density at radius 1 is 1.08 bits per heavy atom. The normalized spacial score (nSPS) is 15.0. The lowest BCUT2D eigenvalue weighted by atomic mass is 9.95. The van der Waals surface area contributed by atoms with Crippen molar-refractivity contribution < 1.29 is 18.0 Å². The van der Waals surface area contributed by atoms with Gasteiger partial charge in [-0.25, -0.2) is 8.42 Å². The summed E-state index contributed by atoms with van der Waals surface area (Å²) in [7, 11) is -3.59. The summed E-state index contributed by atoms with van der Waals surface area (Å²) in [5.74, 6) is -0.281. The lowest BCUT2D eigenvalue weighted by Crippen LogP contribution is -2.51. The second-order valence-corrected chi connectivity index (χ2v) is 13.0. The summed E-state index contributed by atoms with van der Waals surface area (Å²) in [4.78, 5) is 28.8. The van der Waals surface area contributed by atoms with Crippen molar-refractivity contribution in [3.8, 4) is 0 Å². The number of hydrogen-bond acceptors (Lipinski definition) is 4. The minimum atomic E-state index is -3.59. The molecule has 0 spiro atoms. The second-order valence-electron chi connectivity index (χ2n) is 10.6. The molecule has 7 nitrogen and oxygen atoms in total. The van der Waals surface area contributed by atoms with E-state index in [0.29, 0.717) is 30.1 Å². The van der Waals surface area contributed by atoms with Gasteiger partial charge in [0.05, 0.1) is 11.9 Å². The van der Waals surface area contributed by atoms with Gasteiger partial charge in [-0.3, -0.25) is 13.9 Å². The molecule has 1 atom stereocenters. The van der Waals surface area contributed by atoms with Crippen LogP contribution in [-0.2, 0) is 26.2 Å². The van der Waals surface area contributed by atoms with Crippen LogP contribution in [0.2, 0.25) is 5.02 Å². The lowest BCUT2D eigenvalue weighted by Gasteiger charge is -2.33. The molecule has 3 rings (SSSR count). The van der Waals surface area contributed by atoms with Crippen LogP contribution in [0.1, 0.15) is 75.0 Å². The Kier molecular flexibility index (Phi) is 11.2. The number of hydrogen-bond donors (Lipinski definition) is 1. The van der Waals surface area contributed by atoms with E-state index >= 15 is 0 Å². The van der Waals surface area contributed by atoms with E-state index in [9.17, 15) is 18.0 Å². The maximum Gasteiger partial charge on any atom is 0.243 e. The number of benzene rings is 2. The van der Waals surface area contributed by atoms with E-state index in [1.165, 1.54) is 10.7 Å². The average molecular weight is 576 g/mol. The SMILES string of the molecule is CCC(C(=O)NC1CCCCC1)N(Cc1cccc(C)c1)C(=O)CCCN(c1cc(Cl)ccc1C)S(C)(=O)=O. The van der Waals surface area contributed by atoms with E-state index in [1.807, 2.05) is 45.0 Å². The maximum atomic E-state index is 13.7. The molecule has 0 saturated heterocycles. The third-order valence-electron chi connectivity index (χ3n) is 7.36. The number of carbonyl (C=O) groups is 2. The quantitative estimate of drug-likeness (QED) is 0.349. The van der Waals surface area contributed by atoms with Crippen LogP contribution in [0.3, 0.4) is 0 Å². The summed E-state index contributed by atoms with van der Waals surface area (Å²) in [5.41, 5.74) is 3.33. The molecule has 1 N–H and O–H groups in total. The molecule has 0 heterocycles. The van der Waals surface area contributed by atoms with Crippen LogP contribution in [-0.4, -0.2) is 50.0 Å². The zero-order valence-corrected chi connectivity index (χ0v) is 25.2. The molecule has 1 aliphatic rings. The molecular weight excluding hydrogens is 534 g/mol. The van der Waals surface area contributed by atoms with Crippen molar-refractivity contribution in [1.82, 2.24) is 10.2 Å². The predicted octanol–water partition coefficient (Wildman–Crippen LogP) is 5.76. The maximum absolute atomic E-state index is 13.7. The van der Waals surface area contributed by atoms with E-state index in [4.69, 9.17) is 11.6 Å². The molecule has 1 unspecified atom stereocenters. The molecule has 2 aromatic rings. The number of carbonyl (C=O) groups excluding carboxylic acids is 2. The van der Waals surface area contributed by atoms with Crippen LogP contribution in [0.15, 0.2) is 42.5 Å². The molecule has 0 aromatic heterocycles. The Hall–Kier alpha value is -2.58. The van der Waals surface area contributed by atoms with Crippen LogP contribution in [0, 0.1) is 13.8 Å². The molecule has 0 aliphatic heterocycles. The third-order valence-corrected chi connectivity index (χ3v) is 8.78. The topological polar surface area (TPSA) is 86.8 Å². The summed E-state index contributed by atoms with van der Waals surface area (Å²) >= 11 is 6.16. The summed E-state index contributed by atoms with van der Waals surface area (Å²) in [5, 5.41) is 3.64. The minimum absolute atomic E-state index is 0.113. The van der Waals surface area contributed by atoms with Gasteiger partial charge in [-0.1, -0.05) is 73.7 Å². The summed E-state index contributed by atoms with van der Waals surface area (Å²) in [6, 6.07) is 12.6. The highest BCUT2D eigenvalue weighted by Gasteiger charge is 2.30. The largest absolute Gasteiger partial charge is 0.352 e. The summed E-state index contributed by atoms with van der Waals surface area (Å²) < 4.78 is 26.6. The first kappa shape index (κ1) is 31.0. The Morgan fingerprint density at radius 2 is 1.79 bits per heavy atom. The first-order chi connectivity index (χ1) is 18.5.